The fraction of sp³-hybridized carbons (Fsp3) is 0.500. The molecule has 33 heavy (non-hydrogen) atoms. The monoisotopic (exact) mass is 569 g/mol. The smallest absolute Gasteiger partial charge is 0.191 e. The molecular formula is C24H36IN5O3. The molecule has 3 N–H and O–H groups in total. The van der Waals surface area contributed by atoms with Gasteiger partial charge in [-0.1, -0.05) is 6.07 Å². The van der Waals surface area contributed by atoms with Gasteiger partial charge in [-0.15, -0.1) is 24.0 Å². The number of ether oxygens (including phenoxy) is 2. The van der Waals surface area contributed by atoms with Crippen molar-refractivity contribution in [2.24, 2.45) is 4.99 Å². The molecule has 0 radical (unpaired) electrons. The number of aliphatic imine (C=N–C) groups is 1. The minimum Gasteiger partial charge on any atom is -0.497 e. The van der Waals surface area contributed by atoms with Gasteiger partial charge in [0.25, 0.3) is 0 Å². The second-order valence-corrected chi connectivity index (χ2v) is 7.86. The van der Waals surface area contributed by atoms with Crippen LogP contribution in [0.5, 0.6) is 11.5 Å². The van der Waals surface area contributed by atoms with Crippen molar-refractivity contribution in [3.63, 3.8) is 0 Å². The van der Waals surface area contributed by atoms with Crippen LogP contribution in [0.15, 0.2) is 47.6 Å². The summed E-state index contributed by atoms with van der Waals surface area (Å²) in [5.74, 6) is 2.01. The van der Waals surface area contributed by atoms with Crippen LogP contribution in [0.2, 0.25) is 0 Å². The molecule has 2 aromatic rings. The molecule has 1 saturated heterocycles. The average Bonchev–Trinajstić information content (AvgIpc) is 2.84. The summed E-state index contributed by atoms with van der Waals surface area (Å²) in [5.41, 5.74) is 1.77. The normalized spacial score (nSPS) is 15.9. The summed E-state index contributed by atoms with van der Waals surface area (Å²) < 4.78 is 10.7. The fourth-order valence-corrected chi connectivity index (χ4v) is 3.85. The van der Waals surface area contributed by atoms with Crippen molar-refractivity contribution in [1.29, 1.82) is 0 Å². The number of halogens is 1. The first kappa shape index (κ1) is 27.1. The number of nitrogens with zero attached hydrogens (tertiary/aromatic N) is 3. The van der Waals surface area contributed by atoms with Crippen molar-refractivity contribution < 1.29 is 14.6 Å². The van der Waals surface area contributed by atoms with E-state index in [4.69, 9.17) is 9.47 Å². The summed E-state index contributed by atoms with van der Waals surface area (Å²) >= 11 is 0. The average molecular weight is 569 g/mol. The molecule has 9 heteroatoms. The number of aromatic nitrogens is 1. The molecule has 1 aromatic carbocycles. The lowest BCUT2D eigenvalue weighted by Crippen LogP contribution is -2.48. The minimum absolute atomic E-state index is 0. The molecule has 0 saturated carbocycles. The highest BCUT2D eigenvalue weighted by atomic mass is 127. The Labute approximate surface area is 213 Å². The van der Waals surface area contributed by atoms with Gasteiger partial charge in [0.05, 0.1) is 26.5 Å². The first-order chi connectivity index (χ1) is 15.6. The van der Waals surface area contributed by atoms with Crippen molar-refractivity contribution in [3.05, 3.63) is 53.9 Å². The number of nitrogens with one attached hydrogen (secondary N) is 2. The number of piperidine rings is 1. The summed E-state index contributed by atoms with van der Waals surface area (Å²) in [4.78, 5) is 11.5. The molecule has 8 nitrogen and oxygen atoms in total. The lowest BCUT2D eigenvalue weighted by Gasteiger charge is -2.33. The van der Waals surface area contributed by atoms with Gasteiger partial charge < -0.3 is 25.2 Å². The largest absolute Gasteiger partial charge is 0.497 e. The molecule has 0 spiro atoms. The number of methoxy groups -OCH3 is 2. The summed E-state index contributed by atoms with van der Waals surface area (Å²) in [7, 11) is 3.19. The van der Waals surface area contributed by atoms with Crippen LogP contribution in [0.1, 0.15) is 37.1 Å². The fourth-order valence-electron chi connectivity index (χ4n) is 3.85. The number of aliphatic hydroxyl groups is 1. The van der Waals surface area contributed by atoms with E-state index in [0.717, 1.165) is 50.7 Å². The molecule has 0 bridgehead atoms. The number of pyridine rings is 1. The van der Waals surface area contributed by atoms with E-state index < -0.39 is 6.10 Å². The second-order valence-electron chi connectivity index (χ2n) is 7.86. The van der Waals surface area contributed by atoms with Crippen LogP contribution in [0.4, 0.5) is 0 Å². The predicted molar refractivity (Wildman–Crippen MR) is 142 cm³/mol. The molecule has 0 amide bonds. The number of aliphatic hydroxyl groups excluding tert-OH is 1. The highest BCUT2D eigenvalue weighted by Gasteiger charge is 2.21. The third-order valence-corrected chi connectivity index (χ3v) is 5.60. The molecule has 2 heterocycles. The maximum absolute atomic E-state index is 10.7. The minimum atomic E-state index is -0.796. The zero-order valence-corrected chi connectivity index (χ0v) is 22.0. The van der Waals surface area contributed by atoms with Gasteiger partial charge in [-0.3, -0.25) is 14.9 Å². The van der Waals surface area contributed by atoms with Crippen LogP contribution in [0.3, 0.4) is 0 Å². The maximum Gasteiger partial charge on any atom is 0.191 e. The number of hydrogen-bond acceptors (Lipinski definition) is 6. The van der Waals surface area contributed by atoms with Gasteiger partial charge in [0, 0.05) is 44.0 Å². The first-order valence-electron chi connectivity index (χ1n) is 11.2. The quantitative estimate of drug-likeness (QED) is 0.243. The lowest BCUT2D eigenvalue weighted by atomic mass is 10.0. The third-order valence-electron chi connectivity index (χ3n) is 5.60. The number of guanidine groups is 1. The van der Waals surface area contributed by atoms with Gasteiger partial charge in [0.1, 0.15) is 17.6 Å². The number of hydrogen-bond donors (Lipinski definition) is 3. The molecule has 3 rings (SSSR count). The Balaban J connectivity index is 0.00000385. The molecular weight excluding hydrogens is 533 g/mol. The Morgan fingerprint density at radius 2 is 2.00 bits per heavy atom. The number of rotatable bonds is 9. The topological polar surface area (TPSA) is 91.2 Å². The van der Waals surface area contributed by atoms with Crippen molar-refractivity contribution in [3.8, 4) is 11.5 Å². The number of likely N-dealkylation sites (tertiary alicyclic amines) is 1. The molecule has 1 aromatic heterocycles. The molecule has 0 aliphatic carbocycles. The van der Waals surface area contributed by atoms with Crippen LogP contribution in [-0.4, -0.2) is 67.4 Å². The molecule has 1 aliphatic heterocycles. The van der Waals surface area contributed by atoms with Crippen molar-refractivity contribution in [1.82, 2.24) is 20.5 Å². The standard InChI is InChI=1S/C24H35N5O3.HI/c1-4-25-24(27-16-22(30)21-15-20(31-2)8-9-23(21)32-3)28-18-10-13-29(14-11-18)17-19-7-5-6-12-26-19;/h5-9,12,15,18,22,30H,4,10-11,13-14,16-17H2,1-3H3,(H2,25,27,28);1H. The summed E-state index contributed by atoms with van der Waals surface area (Å²) in [6, 6.07) is 11.8. The molecule has 1 unspecified atom stereocenters. The zero-order chi connectivity index (χ0) is 22.8. The van der Waals surface area contributed by atoms with E-state index in [1.54, 1.807) is 26.4 Å². The Kier molecular flexibility index (Phi) is 11.7. The van der Waals surface area contributed by atoms with Crippen LogP contribution >= 0.6 is 24.0 Å². The highest BCUT2D eigenvalue weighted by Crippen LogP contribution is 2.29. The van der Waals surface area contributed by atoms with Crippen LogP contribution in [-0.2, 0) is 6.54 Å². The summed E-state index contributed by atoms with van der Waals surface area (Å²) in [5, 5.41) is 17.6. The van der Waals surface area contributed by atoms with Gasteiger partial charge in [0.15, 0.2) is 5.96 Å². The zero-order valence-electron chi connectivity index (χ0n) is 19.7. The van der Waals surface area contributed by atoms with E-state index in [2.05, 4.69) is 31.6 Å². The van der Waals surface area contributed by atoms with E-state index in [0.29, 0.717) is 23.1 Å². The van der Waals surface area contributed by atoms with E-state index in [1.165, 1.54) is 0 Å². The maximum atomic E-state index is 10.7. The van der Waals surface area contributed by atoms with Gasteiger partial charge in [-0.25, -0.2) is 0 Å². The molecule has 1 aliphatic rings. The second kappa shape index (κ2) is 14.2. The van der Waals surface area contributed by atoms with Crippen molar-refractivity contribution in [2.45, 2.75) is 38.5 Å². The number of benzene rings is 1. The Morgan fingerprint density at radius 3 is 2.64 bits per heavy atom. The van der Waals surface area contributed by atoms with Gasteiger partial charge in [-0.05, 0) is 50.1 Å². The van der Waals surface area contributed by atoms with E-state index in [-0.39, 0.29) is 30.5 Å². The SMILES string of the molecule is CCNC(=NCC(O)c1cc(OC)ccc1OC)NC1CCN(Cc2ccccn2)CC1.I. The molecule has 1 atom stereocenters. The van der Waals surface area contributed by atoms with Crippen LogP contribution in [0, 0.1) is 0 Å². The lowest BCUT2D eigenvalue weighted by molar-refractivity contribution is 0.181. The van der Waals surface area contributed by atoms with Crippen LogP contribution in [0.25, 0.3) is 0 Å². The summed E-state index contributed by atoms with van der Waals surface area (Å²) in [6.07, 6.45) is 3.11. The van der Waals surface area contributed by atoms with Crippen LogP contribution < -0.4 is 20.1 Å². The van der Waals surface area contributed by atoms with E-state index >= 15 is 0 Å². The van der Waals surface area contributed by atoms with Crippen molar-refractivity contribution >= 4 is 29.9 Å². The Hall–Kier alpha value is -2.11. The summed E-state index contributed by atoms with van der Waals surface area (Å²) in [6.45, 7) is 5.92. The third kappa shape index (κ3) is 8.31. The van der Waals surface area contributed by atoms with E-state index in [9.17, 15) is 5.11 Å². The van der Waals surface area contributed by atoms with Gasteiger partial charge in [0.2, 0.25) is 0 Å². The van der Waals surface area contributed by atoms with Crippen molar-refractivity contribution in [2.75, 3.05) is 40.4 Å². The molecule has 182 valence electrons. The Morgan fingerprint density at radius 1 is 1.21 bits per heavy atom. The van der Waals surface area contributed by atoms with Gasteiger partial charge in [-0.2, -0.15) is 0 Å². The Bertz CT molecular complexity index is 860. The van der Waals surface area contributed by atoms with E-state index in [1.807, 2.05) is 31.3 Å². The first-order valence-corrected chi connectivity index (χ1v) is 11.2. The highest BCUT2D eigenvalue weighted by molar-refractivity contribution is 14.0. The molecule has 1 fully saturated rings. The predicted octanol–water partition coefficient (Wildman–Crippen LogP) is 2.97. The van der Waals surface area contributed by atoms with Gasteiger partial charge >= 0.3 is 0 Å².